The number of aliphatic hydroxyl groups excluding tert-OH is 1. The molecule has 1 aliphatic heterocycles. The fourth-order valence-corrected chi connectivity index (χ4v) is 4.28. The Labute approximate surface area is 199 Å². The topological polar surface area (TPSA) is 87.1 Å². The molecule has 0 aromatic heterocycles. The predicted molar refractivity (Wildman–Crippen MR) is 129 cm³/mol. The first-order chi connectivity index (χ1) is 15.5. The average molecular weight is 472 g/mol. The van der Waals surface area contributed by atoms with Gasteiger partial charge < -0.3 is 19.8 Å². The lowest BCUT2D eigenvalue weighted by molar-refractivity contribution is -0.139. The summed E-state index contributed by atoms with van der Waals surface area (Å²) in [5.74, 6) is -1.07. The van der Waals surface area contributed by atoms with Crippen LogP contribution in [0.25, 0.3) is 5.76 Å². The highest BCUT2D eigenvalue weighted by molar-refractivity contribution is 6.46. The number of phenols is 1. The van der Waals surface area contributed by atoms with Gasteiger partial charge in [0, 0.05) is 17.7 Å². The van der Waals surface area contributed by atoms with E-state index in [2.05, 4.69) is 0 Å². The van der Waals surface area contributed by atoms with Crippen LogP contribution in [0.3, 0.4) is 0 Å². The van der Waals surface area contributed by atoms with E-state index < -0.39 is 17.7 Å². The number of rotatable bonds is 6. The largest absolute Gasteiger partial charge is 0.507 e. The number of hydrogen-bond acceptors (Lipinski definition) is 5. The molecular weight excluding hydrogens is 442 g/mol. The molecule has 0 spiro atoms. The number of aromatic hydroxyl groups is 1. The standard InChI is InChI=1S/C26H30ClNO5/c1-6-12-28-22(15-8-10-19(29)18(27)14-15)21(24(31)25(28)32)23(30)16-9-11-20(33-7-2)17(13-16)26(3,4)5/h8-11,13-14,22,29-30H,6-7,12H2,1-5H3/b23-21-. The highest BCUT2D eigenvalue weighted by Gasteiger charge is 2.45. The number of likely N-dealkylation sites (tertiary alicyclic amines) is 1. The van der Waals surface area contributed by atoms with Crippen LogP contribution in [0.4, 0.5) is 0 Å². The van der Waals surface area contributed by atoms with Crippen LogP contribution in [0.2, 0.25) is 5.02 Å². The van der Waals surface area contributed by atoms with Crippen LogP contribution in [0, 0.1) is 0 Å². The average Bonchev–Trinajstić information content (AvgIpc) is 3.00. The van der Waals surface area contributed by atoms with Gasteiger partial charge in [-0.15, -0.1) is 0 Å². The molecule has 0 bridgehead atoms. The normalized spacial score (nSPS) is 18.1. The number of carbonyl (C=O) groups is 2. The van der Waals surface area contributed by atoms with Crippen molar-refractivity contribution in [1.82, 2.24) is 4.90 Å². The van der Waals surface area contributed by atoms with Crippen molar-refractivity contribution in [2.24, 2.45) is 0 Å². The van der Waals surface area contributed by atoms with E-state index in [0.29, 0.717) is 36.4 Å². The fourth-order valence-electron chi connectivity index (χ4n) is 4.09. The van der Waals surface area contributed by atoms with E-state index in [0.717, 1.165) is 5.56 Å². The fraction of sp³-hybridized carbons (Fsp3) is 0.385. The Balaban J connectivity index is 2.23. The summed E-state index contributed by atoms with van der Waals surface area (Å²) in [6.07, 6.45) is 0.632. The van der Waals surface area contributed by atoms with E-state index in [1.54, 1.807) is 24.3 Å². The monoisotopic (exact) mass is 471 g/mol. The lowest BCUT2D eigenvalue weighted by Crippen LogP contribution is -2.30. The van der Waals surface area contributed by atoms with Gasteiger partial charge in [0.2, 0.25) is 0 Å². The molecule has 1 atom stereocenters. The summed E-state index contributed by atoms with van der Waals surface area (Å²) < 4.78 is 5.76. The van der Waals surface area contributed by atoms with Crippen molar-refractivity contribution in [1.29, 1.82) is 0 Å². The third-order valence-electron chi connectivity index (χ3n) is 5.65. The maximum absolute atomic E-state index is 13.1. The van der Waals surface area contributed by atoms with Crippen molar-refractivity contribution in [2.75, 3.05) is 13.2 Å². The molecule has 1 aliphatic rings. The van der Waals surface area contributed by atoms with Crippen molar-refractivity contribution in [3.8, 4) is 11.5 Å². The highest BCUT2D eigenvalue weighted by atomic mass is 35.5. The van der Waals surface area contributed by atoms with Gasteiger partial charge in [-0.2, -0.15) is 0 Å². The number of carbonyl (C=O) groups excluding carboxylic acids is 2. The maximum Gasteiger partial charge on any atom is 0.295 e. The summed E-state index contributed by atoms with van der Waals surface area (Å²) >= 11 is 6.12. The summed E-state index contributed by atoms with van der Waals surface area (Å²) in [4.78, 5) is 27.4. The van der Waals surface area contributed by atoms with E-state index in [1.807, 2.05) is 34.6 Å². The second-order valence-electron chi connectivity index (χ2n) is 9.10. The van der Waals surface area contributed by atoms with Gasteiger partial charge in [-0.3, -0.25) is 9.59 Å². The van der Waals surface area contributed by atoms with Crippen LogP contribution in [-0.4, -0.2) is 40.0 Å². The number of Topliss-reactive ketones (excluding diaryl/α,β-unsaturated/α-hetero) is 1. The molecule has 7 heteroatoms. The molecular formula is C26H30ClNO5. The van der Waals surface area contributed by atoms with Gasteiger partial charge in [0.25, 0.3) is 11.7 Å². The van der Waals surface area contributed by atoms with E-state index in [1.165, 1.54) is 17.0 Å². The molecule has 0 saturated carbocycles. The van der Waals surface area contributed by atoms with Crippen molar-refractivity contribution < 1.29 is 24.5 Å². The molecule has 1 amide bonds. The molecule has 2 aromatic carbocycles. The van der Waals surface area contributed by atoms with Crippen LogP contribution < -0.4 is 4.74 Å². The zero-order valence-electron chi connectivity index (χ0n) is 19.6. The number of aliphatic hydroxyl groups is 1. The van der Waals surface area contributed by atoms with Crippen LogP contribution in [-0.2, 0) is 15.0 Å². The minimum Gasteiger partial charge on any atom is -0.507 e. The van der Waals surface area contributed by atoms with Crippen molar-refractivity contribution in [3.05, 3.63) is 63.7 Å². The van der Waals surface area contributed by atoms with Gasteiger partial charge in [0.1, 0.15) is 17.3 Å². The lowest BCUT2D eigenvalue weighted by Gasteiger charge is -2.26. The lowest BCUT2D eigenvalue weighted by atomic mass is 9.84. The Hall–Kier alpha value is -2.99. The van der Waals surface area contributed by atoms with Gasteiger partial charge in [-0.25, -0.2) is 0 Å². The summed E-state index contributed by atoms with van der Waals surface area (Å²) in [7, 11) is 0. The number of nitrogens with zero attached hydrogens (tertiary/aromatic N) is 1. The van der Waals surface area contributed by atoms with Gasteiger partial charge in [0.15, 0.2) is 0 Å². The van der Waals surface area contributed by atoms with E-state index in [-0.39, 0.29) is 27.5 Å². The summed E-state index contributed by atoms with van der Waals surface area (Å²) in [6, 6.07) is 8.98. The highest BCUT2D eigenvalue weighted by Crippen LogP contribution is 2.42. The predicted octanol–water partition coefficient (Wildman–Crippen LogP) is 5.57. The molecule has 6 nitrogen and oxygen atoms in total. The molecule has 33 heavy (non-hydrogen) atoms. The molecule has 0 radical (unpaired) electrons. The Morgan fingerprint density at radius 3 is 2.39 bits per heavy atom. The molecule has 1 unspecified atom stereocenters. The number of benzene rings is 2. The second-order valence-corrected chi connectivity index (χ2v) is 9.50. The molecule has 1 fully saturated rings. The summed E-state index contributed by atoms with van der Waals surface area (Å²) in [5.41, 5.74) is 1.56. The van der Waals surface area contributed by atoms with E-state index >= 15 is 0 Å². The second kappa shape index (κ2) is 9.48. The number of phenolic OH excluding ortho intramolecular Hbond substituents is 1. The number of ketones is 1. The third-order valence-corrected chi connectivity index (χ3v) is 5.96. The minimum atomic E-state index is -0.812. The molecule has 3 rings (SSSR count). The Kier molecular flexibility index (Phi) is 7.08. The van der Waals surface area contributed by atoms with Crippen molar-refractivity contribution in [3.63, 3.8) is 0 Å². The zero-order valence-corrected chi connectivity index (χ0v) is 20.4. The number of ether oxygens (including phenoxy) is 1. The van der Waals surface area contributed by atoms with Gasteiger partial charge in [-0.1, -0.05) is 45.4 Å². The Bertz CT molecular complexity index is 1120. The first kappa shape index (κ1) is 24.6. The SMILES string of the molecule is CCCN1C(=O)C(=O)/C(=C(\O)c2ccc(OCC)c(C(C)(C)C)c2)C1c1ccc(O)c(Cl)c1. The van der Waals surface area contributed by atoms with Crippen molar-refractivity contribution in [2.45, 2.75) is 52.5 Å². The number of hydrogen-bond donors (Lipinski definition) is 2. The van der Waals surface area contributed by atoms with Crippen molar-refractivity contribution >= 4 is 29.1 Å². The first-order valence-electron chi connectivity index (χ1n) is 11.1. The summed E-state index contributed by atoms with van der Waals surface area (Å²) in [6.45, 7) is 10.7. The smallest absolute Gasteiger partial charge is 0.295 e. The van der Waals surface area contributed by atoms with Crippen LogP contribution >= 0.6 is 11.6 Å². The quantitative estimate of drug-likeness (QED) is 0.326. The molecule has 176 valence electrons. The van der Waals surface area contributed by atoms with Crippen LogP contribution in [0.5, 0.6) is 11.5 Å². The minimum absolute atomic E-state index is 0.000717. The maximum atomic E-state index is 13.1. The number of halogens is 1. The molecule has 1 heterocycles. The molecule has 2 aromatic rings. The number of amides is 1. The van der Waals surface area contributed by atoms with Gasteiger partial charge in [0.05, 0.1) is 23.2 Å². The molecule has 2 N–H and O–H groups in total. The Morgan fingerprint density at radius 1 is 1.12 bits per heavy atom. The van der Waals surface area contributed by atoms with E-state index in [4.69, 9.17) is 16.3 Å². The van der Waals surface area contributed by atoms with Crippen LogP contribution in [0.15, 0.2) is 42.0 Å². The summed E-state index contributed by atoms with van der Waals surface area (Å²) in [5, 5.41) is 21.3. The molecule has 0 aliphatic carbocycles. The third kappa shape index (κ3) is 4.71. The Morgan fingerprint density at radius 2 is 1.82 bits per heavy atom. The van der Waals surface area contributed by atoms with Crippen LogP contribution in [0.1, 0.15) is 63.8 Å². The van der Waals surface area contributed by atoms with Gasteiger partial charge >= 0.3 is 0 Å². The molecule has 1 saturated heterocycles. The van der Waals surface area contributed by atoms with E-state index in [9.17, 15) is 19.8 Å². The van der Waals surface area contributed by atoms with Gasteiger partial charge in [-0.05, 0) is 54.7 Å². The first-order valence-corrected chi connectivity index (χ1v) is 11.4. The zero-order chi connectivity index (χ0) is 24.5.